The maximum atomic E-state index is 12.5. The van der Waals surface area contributed by atoms with Crippen LogP contribution < -0.4 is 5.32 Å². The first kappa shape index (κ1) is 17.2. The van der Waals surface area contributed by atoms with Gasteiger partial charge >= 0.3 is 0 Å². The average molecular weight is 375 g/mol. The number of nitrogens with one attached hydrogen (secondary N) is 1. The number of rotatable bonds is 5. The minimum Gasteiger partial charge on any atom is -0.333 e. The van der Waals surface area contributed by atoms with Crippen molar-refractivity contribution in [2.24, 2.45) is 0 Å². The van der Waals surface area contributed by atoms with Gasteiger partial charge in [-0.15, -0.1) is 11.3 Å². The van der Waals surface area contributed by atoms with Crippen LogP contribution in [0.5, 0.6) is 0 Å². The number of carbonyl (C=O) groups excluding carboxylic acids is 1. The molecule has 0 saturated heterocycles. The highest BCUT2D eigenvalue weighted by atomic mass is 32.1. The minimum atomic E-state index is -0.0771. The van der Waals surface area contributed by atoms with E-state index in [9.17, 15) is 4.79 Å². The summed E-state index contributed by atoms with van der Waals surface area (Å²) in [5.41, 5.74) is 3.68. The molecule has 2 heterocycles. The summed E-state index contributed by atoms with van der Waals surface area (Å²) in [4.78, 5) is 17.7. The first-order valence-corrected chi connectivity index (χ1v) is 9.40. The van der Waals surface area contributed by atoms with Gasteiger partial charge in [0.05, 0.1) is 12.1 Å². The molecule has 1 amide bonds. The van der Waals surface area contributed by atoms with Crippen molar-refractivity contribution in [3.05, 3.63) is 77.2 Å². The van der Waals surface area contributed by atoms with Gasteiger partial charge in [-0.25, -0.2) is 0 Å². The van der Waals surface area contributed by atoms with Gasteiger partial charge in [0.15, 0.2) is 0 Å². The number of nitrogens with zero attached hydrogens (tertiary/aromatic N) is 2. The van der Waals surface area contributed by atoms with E-state index < -0.39 is 0 Å². The van der Waals surface area contributed by atoms with Crippen LogP contribution in [0.3, 0.4) is 0 Å². The lowest BCUT2D eigenvalue weighted by Crippen LogP contribution is -2.15. The highest BCUT2D eigenvalue weighted by Gasteiger charge is 2.17. The predicted octanol–water partition coefficient (Wildman–Crippen LogP) is 4.95. The molecule has 0 aliphatic carbocycles. The number of benzene rings is 2. The van der Waals surface area contributed by atoms with E-state index in [1.54, 1.807) is 0 Å². The summed E-state index contributed by atoms with van der Waals surface area (Å²) < 4.78 is 5.42. The molecular weight excluding hydrogens is 358 g/mol. The molecule has 134 valence electrons. The van der Waals surface area contributed by atoms with Crippen LogP contribution in [0, 0.1) is 6.92 Å². The van der Waals surface area contributed by atoms with E-state index in [0.717, 1.165) is 21.6 Å². The van der Waals surface area contributed by atoms with Crippen LogP contribution in [0.2, 0.25) is 0 Å². The molecule has 0 aliphatic rings. The normalized spacial score (nSPS) is 10.7. The van der Waals surface area contributed by atoms with Crippen molar-refractivity contribution in [1.29, 1.82) is 0 Å². The van der Waals surface area contributed by atoms with Crippen LogP contribution >= 0.6 is 11.3 Å². The molecule has 4 rings (SSSR count). The number of hydrogen-bond donors (Lipinski definition) is 1. The number of hydrogen-bond acceptors (Lipinski definition) is 5. The van der Waals surface area contributed by atoms with Crippen molar-refractivity contribution >= 4 is 22.9 Å². The van der Waals surface area contributed by atoms with E-state index in [2.05, 4.69) is 15.5 Å². The Kier molecular flexibility index (Phi) is 4.80. The summed E-state index contributed by atoms with van der Waals surface area (Å²) in [6.07, 6.45) is 0.320. The van der Waals surface area contributed by atoms with Crippen molar-refractivity contribution in [3.63, 3.8) is 0 Å². The molecule has 0 bridgehead atoms. The van der Waals surface area contributed by atoms with Crippen LogP contribution in [0.15, 0.2) is 70.6 Å². The van der Waals surface area contributed by atoms with Gasteiger partial charge in [-0.3, -0.25) is 4.79 Å². The molecule has 2 aromatic carbocycles. The Hall–Kier alpha value is -3.25. The highest BCUT2D eigenvalue weighted by Crippen LogP contribution is 2.33. The van der Waals surface area contributed by atoms with Gasteiger partial charge in [0.2, 0.25) is 11.7 Å². The maximum absolute atomic E-state index is 12.5. The van der Waals surface area contributed by atoms with Crippen molar-refractivity contribution < 1.29 is 9.32 Å². The highest BCUT2D eigenvalue weighted by molar-refractivity contribution is 7.14. The number of thiophene rings is 1. The van der Waals surface area contributed by atoms with Gasteiger partial charge in [-0.05, 0) is 29.5 Å². The molecule has 27 heavy (non-hydrogen) atoms. The molecule has 5 nitrogen and oxygen atoms in total. The minimum absolute atomic E-state index is 0.0771. The van der Waals surface area contributed by atoms with Crippen molar-refractivity contribution in [1.82, 2.24) is 10.1 Å². The molecule has 6 heteroatoms. The van der Waals surface area contributed by atoms with Gasteiger partial charge in [0, 0.05) is 5.56 Å². The summed E-state index contributed by atoms with van der Waals surface area (Å²) in [7, 11) is 0. The second-order valence-electron chi connectivity index (χ2n) is 6.10. The van der Waals surface area contributed by atoms with E-state index in [0.29, 0.717) is 23.8 Å². The zero-order valence-corrected chi connectivity index (χ0v) is 15.5. The smallest absolute Gasteiger partial charge is 0.270 e. The second kappa shape index (κ2) is 7.55. The fraction of sp³-hybridized carbons (Fsp3) is 0.0952. The predicted molar refractivity (Wildman–Crippen MR) is 107 cm³/mol. The lowest BCUT2D eigenvalue weighted by molar-refractivity contribution is -0.115. The number of aromatic nitrogens is 2. The molecule has 0 saturated carbocycles. The van der Waals surface area contributed by atoms with E-state index in [1.807, 2.05) is 73.0 Å². The van der Waals surface area contributed by atoms with Gasteiger partial charge in [-0.2, -0.15) is 4.98 Å². The number of amides is 1. The topological polar surface area (TPSA) is 68.0 Å². The third kappa shape index (κ3) is 3.80. The SMILES string of the molecule is Cc1ccccc1CC(=O)Nc1ccsc1-c1nc(-c2ccccc2)no1. The summed E-state index contributed by atoms with van der Waals surface area (Å²) >= 11 is 1.45. The van der Waals surface area contributed by atoms with Gasteiger partial charge < -0.3 is 9.84 Å². The summed E-state index contributed by atoms with van der Waals surface area (Å²) in [5.74, 6) is 0.845. The third-order valence-electron chi connectivity index (χ3n) is 4.20. The van der Waals surface area contributed by atoms with E-state index in [1.165, 1.54) is 11.3 Å². The molecule has 0 unspecified atom stereocenters. The molecule has 0 aliphatic heterocycles. The first-order valence-electron chi connectivity index (χ1n) is 8.52. The standard InChI is InChI=1S/C21H17N3O2S/c1-14-7-5-6-10-16(14)13-18(25)22-17-11-12-27-19(17)21-23-20(24-26-21)15-8-3-2-4-9-15/h2-12H,13H2,1H3,(H,22,25). The third-order valence-corrected chi connectivity index (χ3v) is 5.11. The molecule has 0 radical (unpaired) electrons. The second-order valence-corrected chi connectivity index (χ2v) is 7.02. The number of aryl methyl sites for hydroxylation is 1. The maximum Gasteiger partial charge on any atom is 0.270 e. The molecule has 0 spiro atoms. The van der Waals surface area contributed by atoms with Gasteiger partial charge in [0.1, 0.15) is 4.88 Å². The van der Waals surface area contributed by atoms with Crippen LogP contribution in [-0.2, 0) is 11.2 Å². The molecular formula is C21H17N3O2S. The van der Waals surface area contributed by atoms with Crippen LogP contribution in [0.25, 0.3) is 22.2 Å². The fourth-order valence-electron chi connectivity index (χ4n) is 2.77. The molecule has 2 aromatic heterocycles. The van der Waals surface area contributed by atoms with Gasteiger partial charge in [0.25, 0.3) is 5.89 Å². The molecule has 4 aromatic rings. The molecule has 1 N–H and O–H groups in total. The lowest BCUT2D eigenvalue weighted by Gasteiger charge is -2.07. The fourth-order valence-corrected chi connectivity index (χ4v) is 3.54. The van der Waals surface area contributed by atoms with Crippen LogP contribution in [-0.4, -0.2) is 16.0 Å². The lowest BCUT2D eigenvalue weighted by atomic mass is 10.1. The van der Waals surface area contributed by atoms with Crippen molar-refractivity contribution in [2.45, 2.75) is 13.3 Å². The zero-order chi connectivity index (χ0) is 18.6. The van der Waals surface area contributed by atoms with Crippen LogP contribution in [0.4, 0.5) is 5.69 Å². The van der Waals surface area contributed by atoms with E-state index in [-0.39, 0.29) is 5.91 Å². The summed E-state index contributed by atoms with van der Waals surface area (Å²) in [5, 5.41) is 8.90. The van der Waals surface area contributed by atoms with Crippen molar-refractivity contribution in [3.8, 4) is 22.2 Å². The Bertz CT molecular complexity index is 1070. The largest absolute Gasteiger partial charge is 0.333 e. The number of carbonyl (C=O) groups is 1. The van der Waals surface area contributed by atoms with Crippen LogP contribution in [0.1, 0.15) is 11.1 Å². The number of anilines is 1. The molecule has 0 fully saturated rings. The Labute approximate surface area is 160 Å². The Morgan fingerprint density at radius 2 is 1.85 bits per heavy atom. The Balaban J connectivity index is 1.53. The summed E-state index contributed by atoms with van der Waals surface area (Å²) in [6, 6.07) is 19.4. The van der Waals surface area contributed by atoms with E-state index >= 15 is 0 Å². The van der Waals surface area contributed by atoms with Gasteiger partial charge in [-0.1, -0.05) is 59.8 Å². The quantitative estimate of drug-likeness (QED) is 0.536. The molecule has 0 atom stereocenters. The summed E-state index contributed by atoms with van der Waals surface area (Å²) in [6.45, 7) is 2.00. The first-order chi connectivity index (χ1) is 13.2. The van der Waals surface area contributed by atoms with E-state index in [4.69, 9.17) is 4.52 Å². The Morgan fingerprint density at radius 1 is 1.07 bits per heavy atom. The monoisotopic (exact) mass is 375 g/mol. The average Bonchev–Trinajstić information content (AvgIpc) is 3.33. The van der Waals surface area contributed by atoms with Crippen molar-refractivity contribution in [2.75, 3.05) is 5.32 Å². The Morgan fingerprint density at radius 3 is 2.67 bits per heavy atom. The zero-order valence-electron chi connectivity index (χ0n) is 14.7.